The number of fused-ring (bicyclic) bond motifs is 3. The van der Waals surface area contributed by atoms with Gasteiger partial charge in [-0.25, -0.2) is 0 Å². The van der Waals surface area contributed by atoms with Crippen molar-refractivity contribution in [3.63, 3.8) is 0 Å². The first-order valence-corrected chi connectivity index (χ1v) is 6.64. The van der Waals surface area contributed by atoms with Gasteiger partial charge in [0.15, 0.2) is 5.84 Å². The van der Waals surface area contributed by atoms with Gasteiger partial charge in [-0.15, -0.1) is 0 Å². The number of amidine groups is 1. The van der Waals surface area contributed by atoms with Gasteiger partial charge in [-0.05, 0) is 47.7 Å². The largest absolute Gasteiger partial charge is 0.409 e. The van der Waals surface area contributed by atoms with Gasteiger partial charge in [0.25, 0.3) is 0 Å². The summed E-state index contributed by atoms with van der Waals surface area (Å²) in [7, 11) is 0. The van der Waals surface area contributed by atoms with Crippen molar-refractivity contribution in [3.8, 4) is 11.1 Å². The third kappa shape index (κ3) is 2.09. The van der Waals surface area contributed by atoms with Gasteiger partial charge in [0.2, 0.25) is 0 Å². The maximum atomic E-state index is 8.68. The fourth-order valence-corrected chi connectivity index (χ4v) is 2.65. The molecule has 0 bridgehead atoms. The first-order valence-electron chi connectivity index (χ1n) is 6.64. The fourth-order valence-electron chi connectivity index (χ4n) is 2.65. The van der Waals surface area contributed by atoms with Crippen LogP contribution in [0.3, 0.4) is 0 Å². The lowest BCUT2D eigenvalue weighted by Crippen LogP contribution is -2.32. The topological polar surface area (TPSA) is 70.6 Å². The molecule has 3 rings (SSSR count). The summed E-state index contributed by atoms with van der Waals surface area (Å²) in [6, 6.07) is 14.6. The fraction of sp³-hybridized carbons (Fsp3) is 0.188. The second-order valence-corrected chi connectivity index (χ2v) is 5.10. The van der Waals surface area contributed by atoms with Crippen LogP contribution in [0.5, 0.6) is 0 Å². The van der Waals surface area contributed by atoms with Crippen molar-refractivity contribution >= 4 is 11.5 Å². The second kappa shape index (κ2) is 4.89. The van der Waals surface area contributed by atoms with Gasteiger partial charge >= 0.3 is 0 Å². The second-order valence-electron chi connectivity index (χ2n) is 5.10. The highest BCUT2D eigenvalue weighted by Gasteiger charge is 2.18. The molecule has 0 radical (unpaired) electrons. The molecule has 0 aliphatic heterocycles. The van der Waals surface area contributed by atoms with Gasteiger partial charge in [-0.3, -0.25) is 0 Å². The minimum absolute atomic E-state index is 0.175. The van der Waals surface area contributed by atoms with Crippen molar-refractivity contribution in [3.05, 3.63) is 53.6 Å². The lowest BCUT2D eigenvalue weighted by atomic mass is 10.1. The maximum Gasteiger partial charge on any atom is 0.161 e. The Balaban J connectivity index is 1.88. The highest BCUT2D eigenvalue weighted by Crippen LogP contribution is 2.37. The van der Waals surface area contributed by atoms with Gasteiger partial charge in [-0.1, -0.05) is 35.5 Å². The smallest absolute Gasteiger partial charge is 0.161 e. The van der Waals surface area contributed by atoms with Crippen LogP contribution in [0.15, 0.2) is 47.6 Å². The SMILES string of the molecule is CC(Nc1ccc2c(c1)Cc1ccccc1-2)C(N)=NO. The molecule has 0 aromatic heterocycles. The van der Waals surface area contributed by atoms with Gasteiger partial charge in [0.1, 0.15) is 0 Å². The maximum absolute atomic E-state index is 8.68. The molecule has 4 N–H and O–H groups in total. The number of nitrogens with one attached hydrogen (secondary N) is 1. The van der Waals surface area contributed by atoms with Gasteiger partial charge < -0.3 is 16.3 Å². The summed E-state index contributed by atoms with van der Waals surface area (Å²) in [4.78, 5) is 0. The summed E-state index contributed by atoms with van der Waals surface area (Å²) in [5.41, 5.74) is 11.9. The van der Waals surface area contributed by atoms with Crippen molar-refractivity contribution < 1.29 is 5.21 Å². The van der Waals surface area contributed by atoms with Crippen LogP contribution in [0.25, 0.3) is 11.1 Å². The van der Waals surface area contributed by atoms with Gasteiger partial charge in [0, 0.05) is 5.69 Å². The molecule has 0 spiro atoms. The third-order valence-corrected chi connectivity index (χ3v) is 3.74. The number of hydrogen-bond acceptors (Lipinski definition) is 3. The number of benzene rings is 2. The lowest BCUT2D eigenvalue weighted by Gasteiger charge is -2.14. The average Bonchev–Trinajstić information content (AvgIpc) is 2.83. The van der Waals surface area contributed by atoms with E-state index in [1.165, 1.54) is 22.3 Å². The van der Waals surface area contributed by atoms with E-state index < -0.39 is 0 Å². The molecule has 2 aromatic carbocycles. The molecule has 0 heterocycles. The van der Waals surface area contributed by atoms with Crippen molar-refractivity contribution in [2.24, 2.45) is 10.9 Å². The summed E-state index contributed by atoms with van der Waals surface area (Å²) >= 11 is 0. The summed E-state index contributed by atoms with van der Waals surface area (Å²) in [6.45, 7) is 1.86. The Morgan fingerprint density at radius 1 is 1.20 bits per heavy atom. The quantitative estimate of drug-likeness (QED) is 0.296. The first kappa shape index (κ1) is 12.5. The molecule has 4 nitrogen and oxygen atoms in total. The Hall–Kier alpha value is -2.49. The molecule has 4 heteroatoms. The molecule has 1 unspecified atom stereocenters. The molecule has 0 amide bonds. The predicted octanol–water partition coefficient (Wildman–Crippen LogP) is 2.80. The van der Waals surface area contributed by atoms with Crippen molar-refractivity contribution in [2.75, 3.05) is 5.32 Å². The average molecular weight is 267 g/mol. The molecule has 0 fully saturated rings. The van der Waals surface area contributed by atoms with Gasteiger partial charge in [0.05, 0.1) is 6.04 Å². The Kier molecular flexibility index (Phi) is 3.06. The highest BCUT2D eigenvalue weighted by molar-refractivity contribution is 5.87. The zero-order chi connectivity index (χ0) is 14.1. The first-order chi connectivity index (χ1) is 9.69. The Morgan fingerprint density at radius 2 is 1.95 bits per heavy atom. The minimum atomic E-state index is -0.207. The normalized spacial score (nSPS) is 14.6. The zero-order valence-electron chi connectivity index (χ0n) is 11.3. The van der Waals surface area contributed by atoms with E-state index in [-0.39, 0.29) is 11.9 Å². The third-order valence-electron chi connectivity index (χ3n) is 3.74. The van der Waals surface area contributed by atoms with Crippen LogP contribution < -0.4 is 11.1 Å². The summed E-state index contributed by atoms with van der Waals surface area (Å²) in [5, 5.41) is 14.9. The van der Waals surface area contributed by atoms with Crippen LogP contribution in [-0.2, 0) is 6.42 Å². The molecule has 20 heavy (non-hydrogen) atoms. The van der Waals surface area contributed by atoms with E-state index in [0.29, 0.717) is 0 Å². The number of anilines is 1. The van der Waals surface area contributed by atoms with Crippen LogP contribution >= 0.6 is 0 Å². The molecule has 102 valence electrons. The van der Waals surface area contributed by atoms with Crippen LogP contribution in [0, 0.1) is 0 Å². The molecule has 0 saturated heterocycles. The Labute approximate surface area is 117 Å². The van der Waals surface area contributed by atoms with E-state index in [1.807, 2.05) is 13.0 Å². The molecule has 1 aliphatic carbocycles. The monoisotopic (exact) mass is 267 g/mol. The lowest BCUT2D eigenvalue weighted by molar-refractivity contribution is 0.316. The molecule has 1 aliphatic rings. The summed E-state index contributed by atoms with van der Waals surface area (Å²) < 4.78 is 0. The number of nitrogens with two attached hydrogens (primary N) is 1. The minimum Gasteiger partial charge on any atom is -0.409 e. The number of nitrogens with zero attached hydrogens (tertiary/aromatic N) is 1. The van der Waals surface area contributed by atoms with Crippen LogP contribution in [0.2, 0.25) is 0 Å². The van der Waals surface area contributed by atoms with E-state index in [2.05, 4.69) is 46.9 Å². The summed E-state index contributed by atoms with van der Waals surface area (Å²) in [6.07, 6.45) is 0.957. The van der Waals surface area contributed by atoms with E-state index in [1.54, 1.807) is 0 Å². The summed E-state index contributed by atoms with van der Waals surface area (Å²) in [5.74, 6) is 0.175. The van der Waals surface area contributed by atoms with Crippen molar-refractivity contribution in [1.82, 2.24) is 0 Å². The Bertz CT molecular complexity index is 679. The number of rotatable bonds is 3. The Morgan fingerprint density at radius 3 is 2.75 bits per heavy atom. The zero-order valence-corrected chi connectivity index (χ0v) is 11.3. The van der Waals surface area contributed by atoms with Crippen LogP contribution in [-0.4, -0.2) is 17.1 Å². The molecule has 2 aromatic rings. The number of hydrogen-bond donors (Lipinski definition) is 3. The molecule has 0 saturated carbocycles. The van der Waals surface area contributed by atoms with Crippen molar-refractivity contribution in [1.29, 1.82) is 0 Å². The molecule has 1 atom stereocenters. The number of oxime groups is 1. The van der Waals surface area contributed by atoms with Crippen LogP contribution in [0.4, 0.5) is 5.69 Å². The standard InChI is InChI=1S/C16H17N3O/c1-10(16(17)19-20)18-13-6-7-15-12(9-13)8-11-4-2-3-5-14(11)15/h2-7,9-10,18,20H,8H2,1H3,(H2,17,19). The van der Waals surface area contributed by atoms with E-state index in [9.17, 15) is 0 Å². The predicted molar refractivity (Wildman–Crippen MR) is 81.2 cm³/mol. The van der Waals surface area contributed by atoms with E-state index in [0.717, 1.165) is 12.1 Å². The van der Waals surface area contributed by atoms with E-state index >= 15 is 0 Å². The van der Waals surface area contributed by atoms with Crippen molar-refractivity contribution in [2.45, 2.75) is 19.4 Å². The highest BCUT2D eigenvalue weighted by atomic mass is 16.4. The van der Waals surface area contributed by atoms with E-state index in [4.69, 9.17) is 10.9 Å². The van der Waals surface area contributed by atoms with Gasteiger partial charge in [-0.2, -0.15) is 0 Å². The van der Waals surface area contributed by atoms with Crippen LogP contribution in [0.1, 0.15) is 18.1 Å². The molecular weight excluding hydrogens is 250 g/mol. The molecular formula is C16H17N3O.